The monoisotopic (exact) mass is 398 g/mol. The number of aromatic nitrogens is 1. The summed E-state index contributed by atoms with van der Waals surface area (Å²) in [6.07, 6.45) is 3.07. The minimum Gasteiger partial charge on any atom is -0.354 e. The number of pyridine rings is 1. The van der Waals surface area contributed by atoms with Gasteiger partial charge in [-0.15, -0.1) is 0 Å². The number of hydrogen-bond acceptors (Lipinski definition) is 4. The second kappa shape index (κ2) is 8.75. The van der Waals surface area contributed by atoms with Crippen LogP contribution < -0.4 is 5.32 Å². The Morgan fingerprint density at radius 2 is 1.71 bits per heavy atom. The van der Waals surface area contributed by atoms with Crippen molar-refractivity contribution in [2.75, 3.05) is 6.54 Å². The predicted molar refractivity (Wildman–Crippen MR) is 104 cm³/mol. The first kappa shape index (κ1) is 19.7. The van der Waals surface area contributed by atoms with Crippen LogP contribution in [0.4, 0.5) is 4.39 Å². The summed E-state index contributed by atoms with van der Waals surface area (Å²) < 4.78 is 39.2. The highest BCUT2D eigenvalue weighted by Gasteiger charge is 2.29. The average Bonchev–Trinajstić information content (AvgIpc) is 2.71. The maximum Gasteiger partial charge on any atom is 0.224 e. The van der Waals surface area contributed by atoms with Crippen LogP contribution >= 0.6 is 0 Å². The molecule has 1 amide bonds. The SMILES string of the molecule is O=C(Cc1ccc(F)cc1)NC[C@@H](c1cccnc1)S(=O)(=O)c1ccccc1. The van der Waals surface area contributed by atoms with E-state index in [0.717, 1.165) is 0 Å². The van der Waals surface area contributed by atoms with E-state index in [4.69, 9.17) is 0 Å². The molecular formula is C21H19FN2O3S. The van der Waals surface area contributed by atoms with Crippen LogP contribution in [-0.2, 0) is 21.1 Å². The van der Waals surface area contributed by atoms with Gasteiger partial charge in [0.05, 0.1) is 11.3 Å². The zero-order chi connectivity index (χ0) is 20.0. The van der Waals surface area contributed by atoms with Gasteiger partial charge in [0, 0.05) is 18.9 Å². The highest BCUT2D eigenvalue weighted by molar-refractivity contribution is 7.91. The van der Waals surface area contributed by atoms with E-state index in [1.54, 1.807) is 36.5 Å². The number of nitrogens with one attached hydrogen (secondary N) is 1. The van der Waals surface area contributed by atoms with Crippen LogP contribution in [0.15, 0.2) is 84.0 Å². The highest BCUT2D eigenvalue weighted by atomic mass is 32.2. The standard InChI is InChI=1S/C21H19FN2O3S/c22-18-10-8-16(9-11-18)13-21(25)24-15-20(17-5-4-12-23-14-17)28(26,27)19-6-2-1-3-7-19/h1-12,14,20H,13,15H2,(H,24,25)/t20-/m0/s1. The maximum absolute atomic E-state index is 13.1. The molecule has 1 aromatic heterocycles. The molecule has 7 heteroatoms. The van der Waals surface area contributed by atoms with E-state index in [9.17, 15) is 17.6 Å². The molecule has 1 heterocycles. The molecule has 2 aromatic carbocycles. The van der Waals surface area contributed by atoms with Crippen molar-refractivity contribution in [3.8, 4) is 0 Å². The smallest absolute Gasteiger partial charge is 0.224 e. The second-order valence-electron chi connectivity index (χ2n) is 6.24. The molecule has 0 aliphatic heterocycles. The van der Waals surface area contributed by atoms with Crippen molar-refractivity contribution in [3.05, 3.63) is 96.1 Å². The lowest BCUT2D eigenvalue weighted by Gasteiger charge is -2.19. The fraction of sp³-hybridized carbons (Fsp3) is 0.143. The van der Waals surface area contributed by atoms with Crippen molar-refractivity contribution in [3.63, 3.8) is 0 Å². The average molecular weight is 398 g/mol. The molecule has 1 N–H and O–H groups in total. The first-order chi connectivity index (χ1) is 13.5. The molecule has 0 aliphatic rings. The van der Waals surface area contributed by atoms with Gasteiger partial charge in [-0.2, -0.15) is 0 Å². The first-order valence-corrected chi connectivity index (χ1v) is 10.2. The number of carbonyl (C=O) groups is 1. The Labute approximate surface area is 163 Å². The highest BCUT2D eigenvalue weighted by Crippen LogP contribution is 2.27. The Hall–Kier alpha value is -3.06. The third kappa shape index (κ3) is 4.80. The number of nitrogens with zero attached hydrogens (tertiary/aromatic N) is 1. The lowest BCUT2D eigenvalue weighted by atomic mass is 10.1. The topological polar surface area (TPSA) is 76.1 Å². The molecule has 0 fully saturated rings. The summed E-state index contributed by atoms with van der Waals surface area (Å²) in [6, 6.07) is 17.0. The summed E-state index contributed by atoms with van der Waals surface area (Å²) in [5.41, 5.74) is 1.14. The van der Waals surface area contributed by atoms with Gasteiger partial charge in [0.15, 0.2) is 9.84 Å². The Bertz CT molecular complexity index is 1020. The van der Waals surface area contributed by atoms with E-state index in [1.165, 1.54) is 42.6 Å². The van der Waals surface area contributed by atoms with Gasteiger partial charge >= 0.3 is 0 Å². The van der Waals surface area contributed by atoms with Gasteiger partial charge in [-0.1, -0.05) is 36.4 Å². The van der Waals surface area contributed by atoms with Crippen LogP contribution in [0.2, 0.25) is 0 Å². The van der Waals surface area contributed by atoms with E-state index >= 15 is 0 Å². The Kier molecular flexibility index (Phi) is 6.16. The van der Waals surface area contributed by atoms with Gasteiger partial charge in [0.25, 0.3) is 0 Å². The summed E-state index contributed by atoms with van der Waals surface area (Å²) in [6.45, 7) is -0.0943. The number of halogens is 1. The van der Waals surface area contributed by atoms with Gasteiger partial charge < -0.3 is 5.32 Å². The minimum atomic E-state index is -3.73. The molecule has 5 nitrogen and oxygen atoms in total. The zero-order valence-electron chi connectivity index (χ0n) is 15.0. The van der Waals surface area contributed by atoms with Crippen LogP contribution in [0.5, 0.6) is 0 Å². The predicted octanol–water partition coefficient (Wildman–Crippen LogP) is 3.09. The molecule has 0 saturated carbocycles. The number of hydrogen-bond donors (Lipinski definition) is 1. The van der Waals surface area contributed by atoms with Gasteiger partial charge in [0.1, 0.15) is 11.1 Å². The third-order valence-corrected chi connectivity index (χ3v) is 6.38. The third-order valence-electron chi connectivity index (χ3n) is 4.27. The zero-order valence-corrected chi connectivity index (χ0v) is 15.8. The van der Waals surface area contributed by atoms with Crippen molar-refractivity contribution < 1.29 is 17.6 Å². The second-order valence-corrected chi connectivity index (χ2v) is 8.37. The van der Waals surface area contributed by atoms with Crippen molar-refractivity contribution >= 4 is 15.7 Å². The number of amides is 1. The van der Waals surface area contributed by atoms with Crippen molar-refractivity contribution in [1.82, 2.24) is 10.3 Å². The Morgan fingerprint density at radius 3 is 2.36 bits per heavy atom. The minimum absolute atomic E-state index is 0.0332. The van der Waals surface area contributed by atoms with E-state index < -0.39 is 15.1 Å². The molecule has 3 rings (SSSR count). The van der Waals surface area contributed by atoms with Crippen molar-refractivity contribution in [2.45, 2.75) is 16.6 Å². The van der Waals surface area contributed by atoms with Gasteiger partial charge in [-0.3, -0.25) is 9.78 Å². The fourth-order valence-electron chi connectivity index (χ4n) is 2.80. The largest absolute Gasteiger partial charge is 0.354 e. The van der Waals surface area contributed by atoms with Crippen molar-refractivity contribution in [2.24, 2.45) is 0 Å². The van der Waals surface area contributed by atoms with Crippen molar-refractivity contribution in [1.29, 1.82) is 0 Å². The molecule has 0 aliphatic carbocycles. The molecule has 0 saturated heterocycles. The van der Waals surface area contributed by atoms with Crippen LogP contribution in [0.3, 0.4) is 0 Å². The molecule has 3 aromatic rings. The van der Waals surface area contributed by atoms with E-state index in [0.29, 0.717) is 11.1 Å². The van der Waals surface area contributed by atoms with E-state index in [2.05, 4.69) is 10.3 Å². The normalized spacial score (nSPS) is 12.3. The van der Waals surface area contributed by atoms with Crippen LogP contribution in [0, 0.1) is 5.82 Å². The first-order valence-electron chi connectivity index (χ1n) is 8.67. The fourth-order valence-corrected chi connectivity index (χ4v) is 4.47. The number of rotatable bonds is 7. The lowest BCUT2D eigenvalue weighted by molar-refractivity contribution is -0.120. The summed E-state index contributed by atoms with van der Waals surface area (Å²) in [5.74, 6) is -0.724. The molecule has 144 valence electrons. The van der Waals surface area contributed by atoms with Crippen LogP contribution in [-0.4, -0.2) is 25.9 Å². The molecular weight excluding hydrogens is 379 g/mol. The molecule has 0 spiro atoms. The van der Waals surface area contributed by atoms with Crippen LogP contribution in [0.25, 0.3) is 0 Å². The van der Waals surface area contributed by atoms with Crippen LogP contribution in [0.1, 0.15) is 16.4 Å². The summed E-state index contributed by atoms with van der Waals surface area (Å²) >= 11 is 0. The number of carbonyl (C=O) groups excluding carboxylic acids is 1. The summed E-state index contributed by atoms with van der Waals surface area (Å²) in [5, 5.41) is 1.71. The lowest BCUT2D eigenvalue weighted by Crippen LogP contribution is -2.33. The molecule has 1 atom stereocenters. The van der Waals surface area contributed by atoms with Gasteiger partial charge in [-0.05, 0) is 41.5 Å². The Morgan fingerprint density at radius 1 is 1.00 bits per heavy atom. The van der Waals surface area contributed by atoms with Gasteiger partial charge in [-0.25, -0.2) is 12.8 Å². The number of sulfone groups is 1. The maximum atomic E-state index is 13.1. The molecule has 0 bridgehead atoms. The molecule has 28 heavy (non-hydrogen) atoms. The number of benzene rings is 2. The van der Waals surface area contributed by atoms with Gasteiger partial charge in [0.2, 0.25) is 5.91 Å². The Balaban J connectivity index is 1.78. The quantitative estimate of drug-likeness (QED) is 0.664. The van der Waals surface area contributed by atoms with E-state index in [-0.39, 0.29) is 29.6 Å². The molecule has 0 radical (unpaired) electrons. The molecule has 0 unspecified atom stereocenters. The summed E-state index contributed by atoms with van der Waals surface area (Å²) in [7, 11) is -3.73. The summed E-state index contributed by atoms with van der Waals surface area (Å²) in [4.78, 5) is 16.5. The van der Waals surface area contributed by atoms with E-state index in [1.807, 2.05) is 0 Å².